The smallest absolute Gasteiger partial charge is 0.174 e. The Morgan fingerprint density at radius 2 is 1.77 bits per heavy atom. The van der Waals surface area contributed by atoms with Gasteiger partial charge < -0.3 is 15.1 Å². The first-order chi connectivity index (χ1) is 16.7. The molecule has 180 valence electrons. The van der Waals surface area contributed by atoms with Gasteiger partial charge in [0.05, 0.1) is 23.3 Å². The number of thiocarbonyl (C=S) groups is 1. The van der Waals surface area contributed by atoms with Gasteiger partial charge in [-0.1, -0.05) is 44.2 Å². The lowest BCUT2D eigenvalue weighted by molar-refractivity contribution is 0.566. The lowest BCUT2D eigenvalue weighted by atomic mass is 9.86. The van der Waals surface area contributed by atoms with Crippen LogP contribution in [0.15, 0.2) is 72.9 Å². The predicted molar refractivity (Wildman–Crippen MR) is 151 cm³/mol. The number of nitrogens with zero attached hydrogens (tertiary/aromatic N) is 3. The van der Waals surface area contributed by atoms with Crippen molar-refractivity contribution in [3.63, 3.8) is 0 Å². The SMILES string of the molecule is CC1=CC(C)(C)N(C)c2ccc([C@H]3[C@@H](c4ccccn4)NC(=S)N3c3ccc(C(C)C)cc3)cc21. The largest absolute Gasteiger partial charge is 0.366 e. The molecule has 0 spiro atoms. The number of anilines is 2. The van der Waals surface area contributed by atoms with Crippen LogP contribution in [0.3, 0.4) is 0 Å². The van der Waals surface area contributed by atoms with Gasteiger partial charge >= 0.3 is 0 Å². The van der Waals surface area contributed by atoms with Crippen LogP contribution in [-0.4, -0.2) is 22.7 Å². The average molecular weight is 483 g/mol. The molecule has 0 radical (unpaired) electrons. The molecule has 2 aliphatic heterocycles. The Hall–Kier alpha value is -3.18. The second-order valence-corrected chi connectivity index (χ2v) is 10.9. The van der Waals surface area contributed by atoms with Crippen molar-refractivity contribution in [2.45, 2.75) is 58.2 Å². The van der Waals surface area contributed by atoms with Gasteiger partial charge in [0.1, 0.15) is 0 Å². The lowest BCUT2D eigenvalue weighted by Gasteiger charge is -2.41. The summed E-state index contributed by atoms with van der Waals surface area (Å²) in [6, 6.07) is 21.7. The van der Waals surface area contributed by atoms with Crippen LogP contribution in [0.25, 0.3) is 5.57 Å². The first-order valence-electron chi connectivity index (χ1n) is 12.4. The molecule has 0 amide bonds. The van der Waals surface area contributed by atoms with E-state index in [9.17, 15) is 0 Å². The van der Waals surface area contributed by atoms with Crippen LogP contribution in [0.1, 0.15) is 75.0 Å². The Balaban J connectivity index is 1.63. The van der Waals surface area contributed by atoms with Crippen molar-refractivity contribution in [3.05, 3.63) is 95.3 Å². The number of likely N-dealkylation sites (N-methyl/N-ethyl adjacent to an activating group) is 1. The van der Waals surface area contributed by atoms with E-state index in [0.717, 1.165) is 16.5 Å². The van der Waals surface area contributed by atoms with Gasteiger partial charge in [-0.3, -0.25) is 4.98 Å². The molecule has 1 fully saturated rings. The standard InChI is InChI=1S/C30H34N4S/c1-19(2)21-10-13-23(14-11-21)34-28(27(32-29(34)35)25-9-7-8-16-31-25)22-12-15-26-24(17-22)20(3)18-30(4,5)33(26)6/h7-19,27-28H,1-6H3,(H,32,35)/t27-,28+/m1/s1. The van der Waals surface area contributed by atoms with E-state index in [1.165, 1.54) is 28.0 Å². The van der Waals surface area contributed by atoms with E-state index < -0.39 is 0 Å². The van der Waals surface area contributed by atoms with Crippen LogP contribution in [0.2, 0.25) is 0 Å². The molecule has 5 rings (SSSR count). The Bertz CT molecular complexity index is 1280. The number of pyridine rings is 1. The first-order valence-corrected chi connectivity index (χ1v) is 12.8. The fourth-order valence-electron chi connectivity index (χ4n) is 5.35. The summed E-state index contributed by atoms with van der Waals surface area (Å²) in [4.78, 5) is 9.32. The number of aromatic nitrogens is 1. The number of benzene rings is 2. The van der Waals surface area contributed by atoms with Crippen LogP contribution >= 0.6 is 12.2 Å². The summed E-state index contributed by atoms with van der Waals surface area (Å²) < 4.78 is 0. The molecule has 35 heavy (non-hydrogen) atoms. The van der Waals surface area contributed by atoms with E-state index in [1.54, 1.807) is 0 Å². The van der Waals surface area contributed by atoms with Crippen molar-refractivity contribution in [1.29, 1.82) is 0 Å². The first kappa shape index (κ1) is 23.6. The van der Waals surface area contributed by atoms with Gasteiger partial charge in [0.25, 0.3) is 0 Å². The molecule has 3 heterocycles. The average Bonchev–Trinajstić information content (AvgIpc) is 3.19. The maximum atomic E-state index is 5.92. The monoisotopic (exact) mass is 482 g/mol. The highest BCUT2D eigenvalue weighted by Gasteiger charge is 2.41. The molecule has 2 aromatic carbocycles. The van der Waals surface area contributed by atoms with E-state index >= 15 is 0 Å². The second kappa shape index (κ2) is 8.80. The van der Waals surface area contributed by atoms with E-state index in [-0.39, 0.29) is 17.6 Å². The van der Waals surface area contributed by atoms with Gasteiger partial charge in [-0.2, -0.15) is 0 Å². The van der Waals surface area contributed by atoms with Crippen LogP contribution in [0.5, 0.6) is 0 Å². The van der Waals surface area contributed by atoms with Crippen LogP contribution in [-0.2, 0) is 0 Å². The lowest BCUT2D eigenvalue weighted by Crippen LogP contribution is -2.42. The van der Waals surface area contributed by atoms with E-state index in [2.05, 4.69) is 111 Å². The third-order valence-electron chi connectivity index (χ3n) is 7.52. The van der Waals surface area contributed by atoms with Gasteiger partial charge in [0.15, 0.2) is 5.11 Å². The molecule has 0 unspecified atom stereocenters. The number of hydrogen-bond acceptors (Lipinski definition) is 3. The third-order valence-corrected chi connectivity index (χ3v) is 7.83. The van der Waals surface area contributed by atoms with Crippen molar-refractivity contribution in [3.8, 4) is 0 Å². The summed E-state index contributed by atoms with van der Waals surface area (Å²) >= 11 is 5.92. The summed E-state index contributed by atoms with van der Waals surface area (Å²) in [5.41, 5.74) is 8.45. The number of allylic oxidation sites excluding steroid dienone is 1. The number of hydrogen-bond donors (Lipinski definition) is 1. The van der Waals surface area contributed by atoms with Gasteiger partial charge in [0, 0.05) is 30.2 Å². The van der Waals surface area contributed by atoms with Crippen LogP contribution in [0, 0.1) is 0 Å². The van der Waals surface area contributed by atoms with Crippen LogP contribution < -0.4 is 15.1 Å². The van der Waals surface area contributed by atoms with Gasteiger partial charge in [-0.15, -0.1) is 0 Å². The molecule has 1 saturated heterocycles. The second-order valence-electron chi connectivity index (χ2n) is 10.6. The fraction of sp³-hybridized carbons (Fsp3) is 0.333. The summed E-state index contributed by atoms with van der Waals surface area (Å²) in [5, 5.41) is 4.32. The maximum absolute atomic E-state index is 5.92. The molecule has 5 heteroatoms. The normalized spacial score (nSPS) is 21.1. The molecule has 1 N–H and O–H groups in total. The Morgan fingerprint density at radius 1 is 1.03 bits per heavy atom. The van der Waals surface area contributed by atoms with Crippen molar-refractivity contribution in [2.75, 3.05) is 16.8 Å². The molecule has 2 atom stereocenters. The molecule has 3 aromatic rings. The number of nitrogens with one attached hydrogen (secondary N) is 1. The highest BCUT2D eigenvalue weighted by atomic mass is 32.1. The molecule has 0 aliphatic carbocycles. The minimum Gasteiger partial charge on any atom is -0.366 e. The topological polar surface area (TPSA) is 31.4 Å². The fourth-order valence-corrected chi connectivity index (χ4v) is 5.70. The summed E-state index contributed by atoms with van der Waals surface area (Å²) in [7, 11) is 2.17. The molecule has 4 nitrogen and oxygen atoms in total. The zero-order valence-corrected chi connectivity index (χ0v) is 22.2. The van der Waals surface area contributed by atoms with E-state index in [4.69, 9.17) is 17.2 Å². The minimum atomic E-state index is -0.0476. The number of rotatable bonds is 4. The minimum absolute atomic E-state index is 0.0133. The molecule has 0 saturated carbocycles. The summed E-state index contributed by atoms with van der Waals surface area (Å²) in [6.45, 7) is 11.2. The quantitative estimate of drug-likeness (QED) is 0.404. The Labute approximate surface area is 214 Å². The zero-order valence-electron chi connectivity index (χ0n) is 21.4. The zero-order chi connectivity index (χ0) is 24.9. The van der Waals surface area contributed by atoms with Gasteiger partial charge in [0.2, 0.25) is 0 Å². The highest BCUT2D eigenvalue weighted by Crippen LogP contribution is 2.45. The highest BCUT2D eigenvalue weighted by molar-refractivity contribution is 7.80. The predicted octanol–water partition coefficient (Wildman–Crippen LogP) is 7.01. The van der Waals surface area contributed by atoms with Gasteiger partial charge in [-0.05, 0) is 92.0 Å². The van der Waals surface area contributed by atoms with Crippen molar-refractivity contribution in [2.24, 2.45) is 0 Å². The van der Waals surface area contributed by atoms with Gasteiger partial charge in [-0.25, -0.2) is 0 Å². The van der Waals surface area contributed by atoms with Crippen LogP contribution in [0.4, 0.5) is 11.4 Å². The Kier molecular flexibility index (Phi) is 5.92. The van der Waals surface area contributed by atoms with E-state index in [0.29, 0.717) is 5.92 Å². The van der Waals surface area contributed by atoms with Crippen molar-refractivity contribution < 1.29 is 0 Å². The summed E-state index contributed by atoms with van der Waals surface area (Å²) in [5.74, 6) is 0.487. The molecule has 0 bridgehead atoms. The number of fused-ring (bicyclic) bond motifs is 1. The van der Waals surface area contributed by atoms with Crippen molar-refractivity contribution in [1.82, 2.24) is 10.3 Å². The van der Waals surface area contributed by atoms with Crippen molar-refractivity contribution >= 4 is 34.3 Å². The maximum Gasteiger partial charge on any atom is 0.174 e. The summed E-state index contributed by atoms with van der Waals surface area (Å²) in [6.07, 6.45) is 4.21. The Morgan fingerprint density at radius 3 is 2.43 bits per heavy atom. The van der Waals surface area contributed by atoms with E-state index in [1.807, 2.05) is 18.3 Å². The third kappa shape index (κ3) is 4.12. The molecular weight excluding hydrogens is 448 g/mol. The molecule has 2 aliphatic rings. The molecule has 1 aromatic heterocycles. The molecular formula is C30H34N4S.